The van der Waals surface area contributed by atoms with E-state index in [-0.39, 0.29) is 11.2 Å². The van der Waals surface area contributed by atoms with Gasteiger partial charge in [-0.15, -0.1) is 0 Å². The fraction of sp³-hybridized carbons (Fsp3) is 0.364. The van der Waals surface area contributed by atoms with Gasteiger partial charge in [-0.05, 0) is 63.0 Å². The number of ether oxygens (including phenoxy) is 1. The van der Waals surface area contributed by atoms with Crippen LogP contribution < -0.4 is 15.5 Å². The van der Waals surface area contributed by atoms with Crippen molar-refractivity contribution in [1.82, 2.24) is 9.97 Å². The molecule has 150 valence electrons. The van der Waals surface area contributed by atoms with Crippen LogP contribution in [0.2, 0.25) is 0 Å². The van der Waals surface area contributed by atoms with Crippen molar-refractivity contribution in [3.8, 4) is 5.75 Å². The predicted octanol–water partition coefficient (Wildman–Crippen LogP) is 3.55. The lowest BCUT2D eigenvalue weighted by Gasteiger charge is -2.32. The summed E-state index contributed by atoms with van der Waals surface area (Å²) in [7, 11) is 1.26. The van der Waals surface area contributed by atoms with E-state index < -0.39 is 7.12 Å². The average molecular weight is 391 g/mol. The van der Waals surface area contributed by atoms with Crippen LogP contribution in [0.25, 0.3) is 11.0 Å². The van der Waals surface area contributed by atoms with E-state index >= 15 is 0 Å². The van der Waals surface area contributed by atoms with Crippen LogP contribution in [-0.2, 0) is 15.9 Å². The summed E-state index contributed by atoms with van der Waals surface area (Å²) in [6.07, 6.45) is 1.75. The largest absolute Gasteiger partial charge is 0.497 e. The van der Waals surface area contributed by atoms with Gasteiger partial charge in [0.2, 0.25) is 0 Å². The van der Waals surface area contributed by atoms with Crippen LogP contribution in [0.1, 0.15) is 33.3 Å². The molecule has 0 bridgehead atoms. The number of aromatic nitrogens is 2. The molecule has 1 N–H and O–H groups in total. The van der Waals surface area contributed by atoms with Gasteiger partial charge in [0.25, 0.3) is 0 Å². The molecular weight excluding hydrogens is 365 g/mol. The van der Waals surface area contributed by atoms with E-state index in [1.54, 1.807) is 13.3 Å². The number of nitrogens with zero attached hydrogens (tertiary/aromatic N) is 2. The summed E-state index contributed by atoms with van der Waals surface area (Å²) in [5.74, 6) is 1.58. The average Bonchev–Trinajstić information content (AvgIpc) is 2.93. The van der Waals surface area contributed by atoms with Crippen LogP contribution in [0.3, 0.4) is 0 Å². The molecule has 0 spiro atoms. The van der Waals surface area contributed by atoms with Gasteiger partial charge in [-0.1, -0.05) is 18.2 Å². The Bertz CT molecular complexity index is 1010. The molecule has 1 aliphatic heterocycles. The zero-order valence-corrected chi connectivity index (χ0v) is 17.5. The molecule has 0 amide bonds. The van der Waals surface area contributed by atoms with Crippen molar-refractivity contribution >= 4 is 29.4 Å². The van der Waals surface area contributed by atoms with E-state index in [0.717, 1.165) is 33.6 Å². The van der Waals surface area contributed by atoms with Gasteiger partial charge in [0, 0.05) is 6.54 Å². The number of hydrogen-bond acceptors (Lipinski definition) is 6. The Kier molecular flexibility index (Phi) is 4.96. The van der Waals surface area contributed by atoms with Crippen LogP contribution in [0.5, 0.6) is 5.75 Å². The smallest absolute Gasteiger partial charge is 0.494 e. The van der Waals surface area contributed by atoms with Crippen LogP contribution in [0.4, 0.5) is 5.82 Å². The number of nitrogens with one attached hydrogen (secondary N) is 1. The second kappa shape index (κ2) is 7.32. The van der Waals surface area contributed by atoms with E-state index in [9.17, 15) is 0 Å². The summed E-state index contributed by atoms with van der Waals surface area (Å²) >= 11 is 0. The van der Waals surface area contributed by atoms with Crippen LogP contribution in [-0.4, -0.2) is 35.4 Å². The van der Waals surface area contributed by atoms with Crippen molar-refractivity contribution < 1.29 is 14.0 Å². The summed E-state index contributed by atoms with van der Waals surface area (Å²) in [6.45, 7) is 8.86. The van der Waals surface area contributed by atoms with E-state index in [4.69, 9.17) is 14.0 Å². The van der Waals surface area contributed by atoms with Gasteiger partial charge in [0.1, 0.15) is 11.6 Å². The van der Waals surface area contributed by atoms with Crippen molar-refractivity contribution in [2.45, 2.75) is 45.4 Å². The van der Waals surface area contributed by atoms with Gasteiger partial charge >= 0.3 is 7.12 Å². The van der Waals surface area contributed by atoms with Gasteiger partial charge in [-0.3, -0.25) is 4.98 Å². The van der Waals surface area contributed by atoms with Gasteiger partial charge in [0.15, 0.2) is 0 Å². The molecule has 0 saturated carbocycles. The third-order valence-corrected chi connectivity index (χ3v) is 5.72. The van der Waals surface area contributed by atoms with Crippen LogP contribution >= 0.6 is 0 Å². The van der Waals surface area contributed by atoms with Gasteiger partial charge in [0.05, 0.1) is 35.5 Å². The Morgan fingerprint density at radius 2 is 1.66 bits per heavy atom. The highest BCUT2D eigenvalue weighted by atomic mass is 16.7. The lowest BCUT2D eigenvalue weighted by Crippen LogP contribution is -2.41. The number of rotatable bonds is 5. The summed E-state index contributed by atoms with van der Waals surface area (Å²) in [4.78, 5) is 9.24. The molecule has 7 heteroatoms. The van der Waals surface area contributed by atoms with Crippen LogP contribution in [0, 0.1) is 0 Å². The molecule has 0 radical (unpaired) electrons. The Hall–Kier alpha value is -2.64. The quantitative estimate of drug-likeness (QED) is 0.671. The number of hydrogen-bond donors (Lipinski definition) is 1. The van der Waals surface area contributed by atoms with E-state index in [1.807, 2.05) is 42.5 Å². The van der Waals surface area contributed by atoms with Gasteiger partial charge in [-0.25, -0.2) is 4.98 Å². The lowest BCUT2D eigenvalue weighted by molar-refractivity contribution is 0.00578. The molecule has 1 fully saturated rings. The van der Waals surface area contributed by atoms with Gasteiger partial charge in [-0.2, -0.15) is 0 Å². The normalized spacial score (nSPS) is 17.5. The van der Waals surface area contributed by atoms with Crippen LogP contribution in [0.15, 0.2) is 48.7 Å². The molecule has 0 aliphatic carbocycles. The first-order valence-corrected chi connectivity index (χ1v) is 9.76. The summed E-state index contributed by atoms with van der Waals surface area (Å²) in [5, 5.41) is 3.32. The molecule has 3 aromatic rings. The zero-order valence-electron chi connectivity index (χ0n) is 17.5. The number of benzene rings is 2. The Morgan fingerprint density at radius 1 is 0.966 bits per heavy atom. The summed E-state index contributed by atoms with van der Waals surface area (Å²) < 4.78 is 17.5. The summed E-state index contributed by atoms with van der Waals surface area (Å²) in [5.41, 5.74) is 2.99. The Labute approximate surface area is 171 Å². The van der Waals surface area contributed by atoms with E-state index in [2.05, 4.69) is 43.0 Å². The van der Waals surface area contributed by atoms with Crippen molar-refractivity contribution in [2.24, 2.45) is 0 Å². The maximum atomic E-state index is 6.14. The first kappa shape index (κ1) is 19.7. The second-order valence-electron chi connectivity index (χ2n) is 8.29. The maximum Gasteiger partial charge on any atom is 0.494 e. The minimum Gasteiger partial charge on any atom is -0.497 e. The van der Waals surface area contributed by atoms with Gasteiger partial charge < -0.3 is 19.4 Å². The predicted molar refractivity (Wildman–Crippen MR) is 116 cm³/mol. The maximum absolute atomic E-state index is 6.14. The molecule has 1 saturated heterocycles. The lowest BCUT2D eigenvalue weighted by atomic mass is 9.79. The minimum atomic E-state index is -0.404. The van der Waals surface area contributed by atoms with Crippen molar-refractivity contribution in [1.29, 1.82) is 0 Å². The third kappa shape index (κ3) is 3.93. The third-order valence-electron chi connectivity index (χ3n) is 5.72. The first-order chi connectivity index (χ1) is 13.8. The second-order valence-corrected chi connectivity index (χ2v) is 8.29. The molecule has 2 aromatic carbocycles. The number of fused-ring (bicyclic) bond motifs is 1. The molecule has 0 atom stereocenters. The van der Waals surface area contributed by atoms with Crippen molar-refractivity contribution in [2.75, 3.05) is 12.4 Å². The molecule has 6 nitrogen and oxygen atoms in total. The number of methoxy groups -OCH3 is 1. The molecule has 29 heavy (non-hydrogen) atoms. The zero-order chi connectivity index (χ0) is 20.6. The molecular formula is C22H26BN3O3. The highest BCUT2D eigenvalue weighted by Crippen LogP contribution is 2.36. The van der Waals surface area contributed by atoms with E-state index in [0.29, 0.717) is 6.54 Å². The van der Waals surface area contributed by atoms with Crippen molar-refractivity contribution in [3.63, 3.8) is 0 Å². The molecule has 4 rings (SSSR count). The highest BCUT2D eigenvalue weighted by molar-refractivity contribution is 6.62. The molecule has 1 aromatic heterocycles. The molecule has 0 unspecified atom stereocenters. The van der Waals surface area contributed by atoms with E-state index in [1.165, 1.54) is 0 Å². The minimum absolute atomic E-state index is 0.368. The monoisotopic (exact) mass is 391 g/mol. The highest BCUT2D eigenvalue weighted by Gasteiger charge is 2.51. The summed E-state index contributed by atoms with van der Waals surface area (Å²) in [6, 6.07) is 13.9. The molecule has 1 aliphatic rings. The SMILES string of the molecule is COc1ccc(CNc2cnc3cc(B4OC(C)(C)C(C)(C)O4)ccc3n2)cc1. The Morgan fingerprint density at radius 3 is 2.31 bits per heavy atom. The topological polar surface area (TPSA) is 65.5 Å². The fourth-order valence-electron chi connectivity index (χ4n) is 3.17. The number of anilines is 1. The Balaban J connectivity index is 1.48. The first-order valence-electron chi connectivity index (χ1n) is 9.76. The molecule has 2 heterocycles. The fourth-order valence-corrected chi connectivity index (χ4v) is 3.17. The van der Waals surface area contributed by atoms with Crippen molar-refractivity contribution in [3.05, 3.63) is 54.2 Å². The standard InChI is InChI=1S/C22H26BN3O3/c1-21(2)22(3,4)29-23(28-21)16-8-11-18-19(12-16)24-14-20(26-18)25-13-15-6-9-17(27-5)10-7-15/h6-12,14H,13H2,1-5H3,(H,25,26).